The van der Waals surface area contributed by atoms with E-state index in [4.69, 9.17) is 4.52 Å². The molecule has 1 saturated heterocycles. The molecule has 7 heteroatoms. The number of hydrogen-bond donors (Lipinski definition) is 2. The summed E-state index contributed by atoms with van der Waals surface area (Å²) >= 11 is 1.59. The van der Waals surface area contributed by atoms with E-state index in [0.717, 1.165) is 31.6 Å². The van der Waals surface area contributed by atoms with Crippen LogP contribution < -0.4 is 10.6 Å². The monoisotopic (exact) mass is 334 g/mol. The second kappa shape index (κ2) is 8.21. The predicted octanol–water partition coefficient (Wildman–Crippen LogP) is 2.24. The van der Waals surface area contributed by atoms with Crippen LogP contribution in [0.5, 0.6) is 0 Å². The molecule has 1 amide bonds. The predicted molar refractivity (Wildman–Crippen MR) is 89.2 cm³/mol. The molecule has 3 heterocycles. The molecule has 1 aliphatic heterocycles. The number of carbonyl (C=O) groups excluding carboxylic acids is 1. The van der Waals surface area contributed by atoms with Gasteiger partial charge in [0.2, 0.25) is 17.6 Å². The van der Waals surface area contributed by atoms with E-state index >= 15 is 0 Å². The fourth-order valence-electron chi connectivity index (χ4n) is 2.76. The van der Waals surface area contributed by atoms with Crippen LogP contribution in [0.25, 0.3) is 11.4 Å². The van der Waals surface area contributed by atoms with E-state index in [1.165, 1.54) is 12.8 Å². The van der Waals surface area contributed by atoms with E-state index in [-0.39, 0.29) is 5.91 Å². The van der Waals surface area contributed by atoms with Crippen LogP contribution in [0.4, 0.5) is 0 Å². The minimum Gasteiger partial charge on any atom is -0.356 e. The minimum absolute atomic E-state index is 0.0454. The lowest BCUT2D eigenvalue weighted by Crippen LogP contribution is -2.33. The molecule has 1 fully saturated rings. The second-order valence-corrected chi connectivity index (χ2v) is 6.65. The Kier molecular flexibility index (Phi) is 5.76. The van der Waals surface area contributed by atoms with Gasteiger partial charge in [0.15, 0.2) is 0 Å². The van der Waals surface area contributed by atoms with Crippen LogP contribution in [-0.4, -0.2) is 35.7 Å². The standard InChI is InChI=1S/C16H22N4O2S/c21-14(18-8-5-12-2-1-7-17-10-12)3-4-15-19-16(20-22-15)13-6-9-23-11-13/h6,9,11-12,17H,1-5,7-8,10H2,(H,18,21). The Morgan fingerprint density at radius 1 is 1.52 bits per heavy atom. The Labute approximate surface area is 139 Å². The third-order valence-electron chi connectivity index (χ3n) is 4.09. The van der Waals surface area contributed by atoms with E-state index in [0.29, 0.717) is 30.5 Å². The minimum atomic E-state index is 0.0454. The first kappa shape index (κ1) is 16.1. The van der Waals surface area contributed by atoms with Crippen molar-refractivity contribution in [3.05, 3.63) is 22.7 Å². The van der Waals surface area contributed by atoms with E-state index < -0.39 is 0 Å². The van der Waals surface area contributed by atoms with Crippen molar-refractivity contribution in [3.8, 4) is 11.4 Å². The zero-order valence-electron chi connectivity index (χ0n) is 13.1. The van der Waals surface area contributed by atoms with Crippen molar-refractivity contribution in [1.82, 2.24) is 20.8 Å². The first-order chi connectivity index (χ1) is 11.3. The molecule has 3 rings (SSSR count). The van der Waals surface area contributed by atoms with Crippen molar-refractivity contribution < 1.29 is 9.32 Å². The fraction of sp³-hybridized carbons (Fsp3) is 0.562. The maximum absolute atomic E-state index is 11.9. The Bertz CT molecular complexity index is 605. The molecular formula is C16H22N4O2S. The zero-order chi connectivity index (χ0) is 15.9. The molecule has 0 aliphatic carbocycles. The van der Waals surface area contributed by atoms with Crippen LogP contribution in [0.3, 0.4) is 0 Å². The highest BCUT2D eigenvalue weighted by atomic mass is 32.1. The van der Waals surface area contributed by atoms with Gasteiger partial charge in [-0.2, -0.15) is 16.3 Å². The molecule has 124 valence electrons. The second-order valence-electron chi connectivity index (χ2n) is 5.87. The third-order valence-corrected chi connectivity index (χ3v) is 4.77. The van der Waals surface area contributed by atoms with Gasteiger partial charge in [-0.15, -0.1) is 0 Å². The number of thiophene rings is 1. The lowest BCUT2D eigenvalue weighted by molar-refractivity contribution is -0.121. The molecule has 2 aromatic heterocycles. The smallest absolute Gasteiger partial charge is 0.227 e. The topological polar surface area (TPSA) is 80.0 Å². The van der Waals surface area contributed by atoms with Crippen molar-refractivity contribution >= 4 is 17.2 Å². The van der Waals surface area contributed by atoms with Crippen molar-refractivity contribution in [2.75, 3.05) is 19.6 Å². The summed E-state index contributed by atoms with van der Waals surface area (Å²) in [6.45, 7) is 2.94. The molecule has 1 atom stereocenters. The summed E-state index contributed by atoms with van der Waals surface area (Å²) in [5, 5.41) is 14.3. The highest BCUT2D eigenvalue weighted by molar-refractivity contribution is 7.08. The largest absolute Gasteiger partial charge is 0.356 e. The molecular weight excluding hydrogens is 312 g/mol. The number of nitrogens with one attached hydrogen (secondary N) is 2. The summed E-state index contributed by atoms with van der Waals surface area (Å²) in [6.07, 6.45) is 4.40. The molecule has 0 saturated carbocycles. The van der Waals surface area contributed by atoms with Gasteiger partial charge in [-0.05, 0) is 49.7 Å². The number of amides is 1. The van der Waals surface area contributed by atoms with Crippen molar-refractivity contribution in [1.29, 1.82) is 0 Å². The highest BCUT2D eigenvalue weighted by Crippen LogP contribution is 2.19. The number of aromatic nitrogens is 2. The number of piperidine rings is 1. The molecule has 23 heavy (non-hydrogen) atoms. The van der Waals surface area contributed by atoms with Crippen molar-refractivity contribution in [2.45, 2.75) is 32.1 Å². The quantitative estimate of drug-likeness (QED) is 0.812. The lowest BCUT2D eigenvalue weighted by atomic mass is 9.96. The summed E-state index contributed by atoms with van der Waals surface area (Å²) in [7, 11) is 0. The SMILES string of the molecule is O=C(CCc1nc(-c2ccsc2)no1)NCCC1CCCNC1. The molecule has 1 unspecified atom stereocenters. The normalized spacial score (nSPS) is 18.0. The number of hydrogen-bond acceptors (Lipinski definition) is 6. The summed E-state index contributed by atoms with van der Waals surface area (Å²) in [6, 6.07) is 1.95. The van der Waals surface area contributed by atoms with Gasteiger partial charge >= 0.3 is 0 Å². The Morgan fingerprint density at radius 2 is 2.48 bits per heavy atom. The van der Waals surface area contributed by atoms with Gasteiger partial charge in [-0.3, -0.25) is 4.79 Å². The molecule has 1 aliphatic rings. The first-order valence-electron chi connectivity index (χ1n) is 8.14. The molecule has 6 nitrogen and oxygen atoms in total. The number of carbonyl (C=O) groups is 1. The molecule has 2 aromatic rings. The van der Waals surface area contributed by atoms with E-state index in [1.807, 2.05) is 16.8 Å². The van der Waals surface area contributed by atoms with Gasteiger partial charge in [0.1, 0.15) is 0 Å². The van der Waals surface area contributed by atoms with Crippen LogP contribution in [0.15, 0.2) is 21.3 Å². The van der Waals surface area contributed by atoms with Crippen LogP contribution in [0.1, 0.15) is 31.6 Å². The number of rotatable bonds is 7. The Hall–Kier alpha value is -1.73. The number of nitrogens with zero attached hydrogens (tertiary/aromatic N) is 2. The van der Waals surface area contributed by atoms with Gasteiger partial charge in [0.05, 0.1) is 0 Å². The van der Waals surface area contributed by atoms with Crippen molar-refractivity contribution in [3.63, 3.8) is 0 Å². The highest BCUT2D eigenvalue weighted by Gasteiger charge is 2.14. The Balaban J connectivity index is 1.35. The van der Waals surface area contributed by atoms with Gasteiger partial charge in [0.25, 0.3) is 0 Å². The van der Waals surface area contributed by atoms with E-state index in [1.54, 1.807) is 11.3 Å². The molecule has 0 aromatic carbocycles. The summed E-state index contributed by atoms with van der Waals surface area (Å²) in [5.41, 5.74) is 0.954. The molecule has 0 radical (unpaired) electrons. The molecule has 2 N–H and O–H groups in total. The summed E-state index contributed by atoms with van der Waals surface area (Å²) < 4.78 is 5.19. The lowest BCUT2D eigenvalue weighted by Gasteiger charge is -2.22. The third kappa shape index (κ3) is 4.87. The summed E-state index contributed by atoms with van der Waals surface area (Å²) in [5.74, 6) is 1.83. The van der Waals surface area contributed by atoms with Crippen LogP contribution >= 0.6 is 11.3 Å². The van der Waals surface area contributed by atoms with Gasteiger partial charge < -0.3 is 15.2 Å². The van der Waals surface area contributed by atoms with Gasteiger partial charge in [0, 0.05) is 30.3 Å². The van der Waals surface area contributed by atoms with Crippen LogP contribution in [0.2, 0.25) is 0 Å². The number of aryl methyl sites for hydroxylation is 1. The van der Waals surface area contributed by atoms with Crippen LogP contribution in [0, 0.1) is 5.92 Å². The fourth-order valence-corrected chi connectivity index (χ4v) is 3.39. The maximum Gasteiger partial charge on any atom is 0.227 e. The molecule has 0 spiro atoms. The Morgan fingerprint density at radius 3 is 3.26 bits per heavy atom. The van der Waals surface area contributed by atoms with Gasteiger partial charge in [-0.25, -0.2) is 0 Å². The van der Waals surface area contributed by atoms with Crippen LogP contribution in [-0.2, 0) is 11.2 Å². The summed E-state index contributed by atoms with van der Waals surface area (Å²) in [4.78, 5) is 16.2. The average molecular weight is 334 g/mol. The van der Waals surface area contributed by atoms with E-state index in [9.17, 15) is 4.79 Å². The van der Waals surface area contributed by atoms with Crippen molar-refractivity contribution in [2.24, 2.45) is 5.92 Å². The maximum atomic E-state index is 11.9. The average Bonchev–Trinajstić information content (AvgIpc) is 3.25. The molecule has 0 bridgehead atoms. The first-order valence-corrected chi connectivity index (χ1v) is 9.08. The zero-order valence-corrected chi connectivity index (χ0v) is 13.9. The van der Waals surface area contributed by atoms with E-state index in [2.05, 4.69) is 20.8 Å². The van der Waals surface area contributed by atoms with Gasteiger partial charge in [-0.1, -0.05) is 5.16 Å².